The van der Waals surface area contributed by atoms with Crippen LogP contribution in [0.5, 0.6) is 0 Å². The van der Waals surface area contributed by atoms with Crippen LogP contribution >= 0.6 is 0 Å². The smallest absolute Gasteiger partial charge is 0.158 e. The number of rotatable bonds is 1. The van der Waals surface area contributed by atoms with Crippen molar-refractivity contribution in [2.45, 2.75) is 26.2 Å². The molecule has 0 aliphatic heterocycles. The Morgan fingerprint density at radius 3 is 2.38 bits per heavy atom. The Bertz CT molecular complexity index is 418. The van der Waals surface area contributed by atoms with Gasteiger partial charge in [-0.1, -0.05) is 57.2 Å². The van der Waals surface area contributed by atoms with Crippen molar-refractivity contribution in [2.24, 2.45) is 11.8 Å². The summed E-state index contributed by atoms with van der Waals surface area (Å²) in [6, 6.07) is 10.4. The first-order valence-electron chi connectivity index (χ1n) is 5.84. The number of ketones is 1. The van der Waals surface area contributed by atoms with E-state index in [1.54, 1.807) is 6.08 Å². The molecule has 0 unspecified atom stereocenters. The first-order valence-corrected chi connectivity index (χ1v) is 5.84. The fourth-order valence-electron chi connectivity index (χ4n) is 2.48. The molecule has 0 aromatic heterocycles. The minimum absolute atomic E-state index is 0.0193. The highest BCUT2D eigenvalue weighted by molar-refractivity contribution is 5.93. The van der Waals surface area contributed by atoms with Gasteiger partial charge in [0, 0.05) is 11.3 Å². The van der Waals surface area contributed by atoms with Crippen molar-refractivity contribution in [1.82, 2.24) is 0 Å². The van der Waals surface area contributed by atoms with Gasteiger partial charge in [-0.2, -0.15) is 0 Å². The van der Waals surface area contributed by atoms with E-state index in [4.69, 9.17) is 0 Å². The maximum Gasteiger partial charge on any atom is 0.158 e. The molecule has 0 fully saturated rings. The lowest BCUT2D eigenvalue weighted by Gasteiger charge is -2.39. The third-order valence-electron chi connectivity index (χ3n) is 4.13. The van der Waals surface area contributed by atoms with Crippen LogP contribution in [0.4, 0.5) is 0 Å². The Labute approximate surface area is 97.2 Å². The van der Waals surface area contributed by atoms with E-state index in [1.807, 2.05) is 13.0 Å². The number of carbonyl (C=O) groups is 1. The summed E-state index contributed by atoms with van der Waals surface area (Å²) in [4.78, 5) is 11.6. The van der Waals surface area contributed by atoms with E-state index in [9.17, 15) is 4.79 Å². The van der Waals surface area contributed by atoms with Crippen LogP contribution in [-0.4, -0.2) is 5.78 Å². The second kappa shape index (κ2) is 3.89. The highest BCUT2D eigenvalue weighted by Crippen LogP contribution is 2.40. The number of allylic oxidation sites excluding steroid dienone is 2. The molecule has 0 radical (unpaired) electrons. The van der Waals surface area contributed by atoms with Gasteiger partial charge in [0.15, 0.2) is 5.78 Å². The molecule has 0 saturated heterocycles. The molecule has 0 bridgehead atoms. The number of hydrogen-bond acceptors (Lipinski definition) is 1. The summed E-state index contributed by atoms with van der Waals surface area (Å²) in [6.07, 6.45) is 3.81. The molecule has 1 aliphatic rings. The van der Waals surface area contributed by atoms with Crippen LogP contribution in [0.1, 0.15) is 26.3 Å². The summed E-state index contributed by atoms with van der Waals surface area (Å²) in [7, 11) is 0. The van der Waals surface area contributed by atoms with Gasteiger partial charge in [-0.25, -0.2) is 0 Å². The summed E-state index contributed by atoms with van der Waals surface area (Å²) in [6.45, 7) is 6.41. The number of carbonyl (C=O) groups excluding carboxylic acids is 1. The van der Waals surface area contributed by atoms with Crippen LogP contribution in [0.2, 0.25) is 0 Å². The molecule has 0 amide bonds. The van der Waals surface area contributed by atoms with E-state index in [1.165, 1.54) is 5.56 Å². The molecule has 0 heterocycles. The summed E-state index contributed by atoms with van der Waals surface area (Å²) in [5.74, 6) is 0.698. The van der Waals surface area contributed by atoms with Crippen LogP contribution in [0.25, 0.3) is 0 Å². The molecule has 1 aromatic carbocycles. The van der Waals surface area contributed by atoms with Gasteiger partial charge in [0.25, 0.3) is 0 Å². The zero-order valence-corrected chi connectivity index (χ0v) is 10.1. The summed E-state index contributed by atoms with van der Waals surface area (Å²) >= 11 is 0. The van der Waals surface area contributed by atoms with Crippen molar-refractivity contribution >= 4 is 5.78 Å². The van der Waals surface area contributed by atoms with Crippen molar-refractivity contribution in [2.75, 3.05) is 0 Å². The lowest BCUT2D eigenvalue weighted by Crippen LogP contribution is -2.38. The van der Waals surface area contributed by atoms with Crippen molar-refractivity contribution in [3.63, 3.8) is 0 Å². The Morgan fingerprint density at radius 2 is 1.75 bits per heavy atom. The van der Waals surface area contributed by atoms with Gasteiger partial charge in [0.2, 0.25) is 0 Å². The van der Waals surface area contributed by atoms with E-state index < -0.39 is 0 Å². The average Bonchev–Trinajstić information content (AvgIpc) is 2.33. The largest absolute Gasteiger partial charge is 0.295 e. The maximum atomic E-state index is 11.6. The van der Waals surface area contributed by atoms with Crippen LogP contribution < -0.4 is 0 Å². The number of hydrogen-bond donors (Lipinski definition) is 0. The maximum absolute atomic E-state index is 11.6. The second-order valence-corrected chi connectivity index (χ2v) is 4.96. The van der Waals surface area contributed by atoms with Gasteiger partial charge in [-0.05, 0) is 17.6 Å². The molecular weight excluding hydrogens is 196 g/mol. The molecule has 16 heavy (non-hydrogen) atoms. The van der Waals surface area contributed by atoms with Crippen LogP contribution in [0.15, 0.2) is 42.5 Å². The van der Waals surface area contributed by atoms with E-state index in [0.29, 0.717) is 5.92 Å². The van der Waals surface area contributed by atoms with Crippen molar-refractivity contribution in [3.05, 3.63) is 48.0 Å². The van der Waals surface area contributed by atoms with Gasteiger partial charge in [0.05, 0.1) is 0 Å². The van der Waals surface area contributed by atoms with Crippen LogP contribution in [-0.2, 0) is 10.2 Å². The fourth-order valence-corrected chi connectivity index (χ4v) is 2.48. The third kappa shape index (κ3) is 1.60. The Balaban J connectivity index is 2.46. The van der Waals surface area contributed by atoms with Gasteiger partial charge in [-0.3, -0.25) is 4.79 Å². The van der Waals surface area contributed by atoms with Crippen LogP contribution in [0.3, 0.4) is 0 Å². The lowest BCUT2D eigenvalue weighted by atomic mass is 9.64. The van der Waals surface area contributed by atoms with Crippen molar-refractivity contribution < 1.29 is 4.79 Å². The molecule has 0 saturated carbocycles. The first-order chi connectivity index (χ1) is 7.55. The third-order valence-corrected chi connectivity index (χ3v) is 4.13. The quantitative estimate of drug-likeness (QED) is 0.700. The van der Waals surface area contributed by atoms with Crippen molar-refractivity contribution in [1.29, 1.82) is 0 Å². The van der Waals surface area contributed by atoms with Gasteiger partial charge in [-0.15, -0.1) is 0 Å². The molecule has 1 aromatic rings. The molecular formula is C15H18O. The number of benzene rings is 1. The van der Waals surface area contributed by atoms with Crippen molar-refractivity contribution in [3.8, 4) is 0 Å². The highest BCUT2D eigenvalue weighted by Gasteiger charge is 2.38. The second-order valence-electron chi connectivity index (χ2n) is 4.96. The molecule has 0 N–H and O–H groups in total. The molecule has 3 atom stereocenters. The Kier molecular flexibility index (Phi) is 2.71. The molecule has 1 nitrogen and oxygen atoms in total. The zero-order valence-electron chi connectivity index (χ0n) is 10.1. The minimum Gasteiger partial charge on any atom is -0.295 e. The minimum atomic E-state index is -0.0193. The Morgan fingerprint density at radius 1 is 1.12 bits per heavy atom. The van der Waals surface area contributed by atoms with Gasteiger partial charge in [0.1, 0.15) is 0 Å². The molecule has 1 heteroatoms. The lowest BCUT2D eigenvalue weighted by molar-refractivity contribution is -0.120. The predicted molar refractivity (Wildman–Crippen MR) is 66.3 cm³/mol. The van der Waals surface area contributed by atoms with Gasteiger partial charge < -0.3 is 0 Å². The fraction of sp³-hybridized carbons (Fsp3) is 0.400. The molecule has 1 aliphatic carbocycles. The molecule has 2 rings (SSSR count). The molecule has 0 spiro atoms. The zero-order chi connectivity index (χ0) is 11.8. The average molecular weight is 214 g/mol. The SMILES string of the molecule is C[C@@H]1[C@@H](C)C(=O)C=C[C@@]1(C)c1ccccc1. The van der Waals surface area contributed by atoms with E-state index >= 15 is 0 Å². The summed E-state index contributed by atoms with van der Waals surface area (Å²) < 4.78 is 0. The standard InChI is InChI=1S/C15H18O/c1-11-12(2)15(3,10-9-14(11)16)13-7-5-4-6-8-13/h4-12H,1-3H3/t11-,12-,15-/m1/s1. The predicted octanol–water partition coefficient (Wildman–Crippen LogP) is 3.36. The summed E-state index contributed by atoms with van der Waals surface area (Å²) in [5, 5.41) is 0. The normalized spacial score (nSPS) is 34.1. The molecule has 84 valence electrons. The summed E-state index contributed by atoms with van der Waals surface area (Å²) in [5.41, 5.74) is 1.27. The monoisotopic (exact) mass is 214 g/mol. The topological polar surface area (TPSA) is 17.1 Å². The van der Waals surface area contributed by atoms with E-state index in [-0.39, 0.29) is 17.1 Å². The Hall–Kier alpha value is -1.37. The highest BCUT2D eigenvalue weighted by atomic mass is 16.1. The first kappa shape index (κ1) is 11.1. The van der Waals surface area contributed by atoms with Gasteiger partial charge >= 0.3 is 0 Å². The van der Waals surface area contributed by atoms with E-state index in [0.717, 1.165) is 0 Å². The van der Waals surface area contributed by atoms with E-state index in [2.05, 4.69) is 44.2 Å². The van der Waals surface area contributed by atoms with Crippen LogP contribution in [0, 0.1) is 11.8 Å².